The number of aryl methyl sites for hydroxylation is 1. The molecule has 1 aromatic rings. The summed E-state index contributed by atoms with van der Waals surface area (Å²) in [5.74, 6) is 1.27. The van der Waals surface area contributed by atoms with E-state index in [1.54, 1.807) is 20.9 Å². The molecule has 0 saturated heterocycles. The van der Waals surface area contributed by atoms with E-state index in [9.17, 15) is 5.11 Å². The smallest absolute Gasteiger partial charge is 0.224 e. The number of rotatable bonds is 4. The van der Waals surface area contributed by atoms with Gasteiger partial charge in [0.1, 0.15) is 5.82 Å². The molecule has 1 heterocycles. The number of hydrogen-bond acceptors (Lipinski definition) is 5. The summed E-state index contributed by atoms with van der Waals surface area (Å²) in [5, 5.41) is 16.2. The number of anilines is 2. The second-order valence-electron chi connectivity index (χ2n) is 5.28. The molecule has 0 spiro atoms. The van der Waals surface area contributed by atoms with E-state index in [2.05, 4.69) is 20.6 Å². The number of nitrogens with one attached hydrogen (secondary N) is 2. The molecule has 96 valence electrons. The van der Waals surface area contributed by atoms with Crippen LogP contribution in [0.3, 0.4) is 0 Å². The Morgan fingerprint density at radius 1 is 1.18 bits per heavy atom. The maximum Gasteiger partial charge on any atom is 0.224 e. The molecule has 5 heteroatoms. The van der Waals surface area contributed by atoms with Gasteiger partial charge in [0, 0.05) is 18.8 Å². The normalized spacial score (nSPS) is 12.4. The van der Waals surface area contributed by atoms with Crippen LogP contribution in [0.2, 0.25) is 0 Å². The Bertz CT molecular complexity index is 396. The van der Waals surface area contributed by atoms with Crippen molar-refractivity contribution in [2.75, 3.05) is 17.7 Å². The molecule has 0 fully saturated rings. The van der Waals surface area contributed by atoms with Crippen molar-refractivity contribution in [3.8, 4) is 0 Å². The molecule has 5 nitrogen and oxygen atoms in total. The Morgan fingerprint density at radius 3 is 2.24 bits per heavy atom. The van der Waals surface area contributed by atoms with Crippen LogP contribution in [0.1, 0.15) is 33.4 Å². The van der Waals surface area contributed by atoms with Crippen molar-refractivity contribution in [3.05, 3.63) is 11.8 Å². The van der Waals surface area contributed by atoms with E-state index in [4.69, 9.17) is 0 Å². The number of aliphatic hydroxyl groups is 1. The minimum Gasteiger partial charge on any atom is -0.388 e. The summed E-state index contributed by atoms with van der Waals surface area (Å²) >= 11 is 0. The minimum absolute atomic E-state index is 0.487. The van der Waals surface area contributed by atoms with Gasteiger partial charge in [0.2, 0.25) is 5.95 Å². The molecule has 0 aliphatic heterocycles. The first-order valence-electron chi connectivity index (χ1n) is 5.70. The highest BCUT2D eigenvalue weighted by molar-refractivity contribution is 5.44. The Labute approximate surface area is 103 Å². The summed E-state index contributed by atoms with van der Waals surface area (Å²) < 4.78 is 0. The molecular formula is C12H22N4O. The van der Waals surface area contributed by atoms with Crippen LogP contribution in [-0.2, 0) is 0 Å². The fourth-order valence-corrected chi connectivity index (χ4v) is 1.22. The van der Waals surface area contributed by atoms with Crippen molar-refractivity contribution in [1.29, 1.82) is 0 Å². The molecule has 0 amide bonds. The largest absolute Gasteiger partial charge is 0.388 e. The molecular weight excluding hydrogens is 216 g/mol. The molecule has 1 rings (SSSR count). The zero-order valence-corrected chi connectivity index (χ0v) is 11.4. The monoisotopic (exact) mass is 238 g/mol. The fraction of sp³-hybridized carbons (Fsp3) is 0.667. The molecule has 0 atom stereocenters. The van der Waals surface area contributed by atoms with Gasteiger partial charge in [-0.3, -0.25) is 0 Å². The Hall–Kier alpha value is -1.36. The van der Waals surface area contributed by atoms with Gasteiger partial charge < -0.3 is 15.7 Å². The van der Waals surface area contributed by atoms with Gasteiger partial charge in [0.25, 0.3) is 0 Å². The lowest BCUT2D eigenvalue weighted by molar-refractivity contribution is 0.0239. The van der Waals surface area contributed by atoms with Crippen molar-refractivity contribution in [2.24, 2.45) is 0 Å². The summed E-state index contributed by atoms with van der Waals surface area (Å²) in [5.41, 5.74) is -0.469. The topological polar surface area (TPSA) is 70.1 Å². The third-order valence-corrected chi connectivity index (χ3v) is 3.05. The quantitative estimate of drug-likeness (QED) is 0.746. The number of aromatic nitrogens is 2. The highest BCUT2D eigenvalue weighted by Crippen LogP contribution is 2.25. The van der Waals surface area contributed by atoms with Gasteiger partial charge in [0.15, 0.2) is 0 Å². The molecule has 0 aliphatic rings. The highest BCUT2D eigenvalue weighted by Gasteiger charge is 2.35. The molecule has 0 aromatic carbocycles. The van der Waals surface area contributed by atoms with Crippen molar-refractivity contribution in [1.82, 2.24) is 9.97 Å². The first-order chi connectivity index (χ1) is 7.65. The Morgan fingerprint density at radius 2 is 1.76 bits per heavy atom. The lowest BCUT2D eigenvalue weighted by Crippen LogP contribution is -2.51. The first kappa shape index (κ1) is 13.7. The lowest BCUT2D eigenvalue weighted by atomic mass is 9.86. The van der Waals surface area contributed by atoms with E-state index in [0.717, 1.165) is 5.69 Å². The zero-order valence-electron chi connectivity index (χ0n) is 11.4. The van der Waals surface area contributed by atoms with Crippen LogP contribution in [0.15, 0.2) is 6.07 Å². The fourth-order valence-electron chi connectivity index (χ4n) is 1.22. The summed E-state index contributed by atoms with van der Waals surface area (Å²) in [7, 11) is 1.78. The van der Waals surface area contributed by atoms with E-state index in [1.165, 1.54) is 0 Å². The maximum absolute atomic E-state index is 10.1. The first-order valence-corrected chi connectivity index (χ1v) is 5.70. The van der Waals surface area contributed by atoms with Gasteiger partial charge in [-0.2, -0.15) is 4.98 Å². The predicted octanol–water partition coefficient (Wildman–Crippen LogP) is 1.79. The molecule has 0 bridgehead atoms. The zero-order chi connectivity index (χ0) is 13.3. The van der Waals surface area contributed by atoms with Crippen LogP contribution < -0.4 is 10.6 Å². The Balaban J connectivity index is 2.99. The van der Waals surface area contributed by atoms with Crippen molar-refractivity contribution in [2.45, 2.75) is 45.8 Å². The van der Waals surface area contributed by atoms with Crippen LogP contribution in [0.5, 0.6) is 0 Å². The van der Waals surface area contributed by atoms with Crippen LogP contribution in [0.25, 0.3) is 0 Å². The SMILES string of the molecule is CNc1nc(C)cc(NC(C)(C)C(C)(C)O)n1. The summed E-state index contributed by atoms with van der Waals surface area (Å²) in [4.78, 5) is 8.53. The average molecular weight is 238 g/mol. The molecule has 3 N–H and O–H groups in total. The number of nitrogens with zero attached hydrogens (tertiary/aromatic N) is 2. The predicted molar refractivity (Wildman–Crippen MR) is 70.3 cm³/mol. The van der Waals surface area contributed by atoms with E-state index in [0.29, 0.717) is 11.8 Å². The second kappa shape index (κ2) is 4.49. The summed E-state index contributed by atoms with van der Waals surface area (Å²) in [6.45, 7) is 9.32. The molecule has 0 unspecified atom stereocenters. The highest BCUT2D eigenvalue weighted by atomic mass is 16.3. The van der Waals surface area contributed by atoms with Crippen LogP contribution in [0, 0.1) is 6.92 Å². The molecule has 17 heavy (non-hydrogen) atoms. The van der Waals surface area contributed by atoms with Crippen LogP contribution >= 0.6 is 0 Å². The van der Waals surface area contributed by atoms with Gasteiger partial charge in [-0.15, -0.1) is 0 Å². The second-order valence-corrected chi connectivity index (χ2v) is 5.28. The van der Waals surface area contributed by atoms with Gasteiger partial charge in [0.05, 0.1) is 11.1 Å². The van der Waals surface area contributed by atoms with Gasteiger partial charge in [-0.1, -0.05) is 0 Å². The van der Waals surface area contributed by atoms with E-state index in [-0.39, 0.29) is 0 Å². The van der Waals surface area contributed by atoms with E-state index >= 15 is 0 Å². The van der Waals surface area contributed by atoms with E-state index < -0.39 is 11.1 Å². The average Bonchev–Trinajstić information content (AvgIpc) is 2.14. The lowest BCUT2D eigenvalue weighted by Gasteiger charge is -2.38. The molecule has 0 saturated carbocycles. The summed E-state index contributed by atoms with van der Waals surface area (Å²) in [6.07, 6.45) is 0. The third-order valence-electron chi connectivity index (χ3n) is 3.05. The van der Waals surface area contributed by atoms with Crippen LogP contribution in [0.4, 0.5) is 11.8 Å². The standard InChI is InChI=1S/C12H22N4O/c1-8-7-9(15-10(13-6)14-8)16-11(2,3)12(4,5)17/h7,17H,1-6H3,(H2,13,14,15,16). The van der Waals surface area contributed by atoms with Crippen molar-refractivity contribution >= 4 is 11.8 Å². The van der Waals surface area contributed by atoms with Gasteiger partial charge in [-0.05, 0) is 34.6 Å². The van der Waals surface area contributed by atoms with Crippen molar-refractivity contribution in [3.63, 3.8) is 0 Å². The summed E-state index contributed by atoms with van der Waals surface area (Å²) in [6, 6.07) is 1.86. The maximum atomic E-state index is 10.1. The third kappa shape index (κ3) is 3.30. The minimum atomic E-state index is -0.855. The molecule has 0 radical (unpaired) electrons. The van der Waals surface area contributed by atoms with Crippen molar-refractivity contribution < 1.29 is 5.11 Å². The Kier molecular flexibility index (Phi) is 3.62. The number of hydrogen-bond donors (Lipinski definition) is 3. The van der Waals surface area contributed by atoms with Gasteiger partial charge >= 0.3 is 0 Å². The van der Waals surface area contributed by atoms with Gasteiger partial charge in [-0.25, -0.2) is 4.98 Å². The van der Waals surface area contributed by atoms with Crippen LogP contribution in [-0.4, -0.2) is 33.3 Å². The van der Waals surface area contributed by atoms with E-state index in [1.807, 2.05) is 26.8 Å². The molecule has 1 aromatic heterocycles. The molecule has 0 aliphatic carbocycles.